The third-order valence-corrected chi connectivity index (χ3v) is 4.12. The van der Waals surface area contributed by atoms with Crippen LogP contribution in [0.5, 0.6) is 0 Å². The van der Waals surface area contributed by atoms with Gasteiger partial charge in [0, 0.05) is 37.9 Å². The van der Waals surface area contributed by atoms with Gasteiger partial charge in [0.05, 0.1) is 6.54 Å². The lowest BCUT2D eigenvalue weighted by Gasteiger charge is -2.35. The SMILES string of the molecule is Cc1cccnc1N1CCN(CC(=O)c2ccccc2)CC1. The van der Waals surface area contributed by atoms with E-state index < -0.39 is 0 Å². The quantitative estimate of drug-likeness (QED) is 0.812. The molecule has 4 nitrogen and oxygen atoms in total. The van der Waals surface area contributed by atoms with Gasteiger partial charge in [-0.05, 0) is 18.6 Å². The molecule has 1 saturated heterocycles. The van der Waals surface area contributed by atoms with Crippen molar-refractivity contribution in [3.63, 3.8) is 0 Å². The van der Waals surface area contributed by atoms with Crippen molar-refractivity contribution in [3.05, 3.63) is 59.8 Å². The van der Waals surface area contributed by atoms with E-state index in [2.05, 4.69) is 27.8 Å². The first kappa shape index (κ1) is 14.7. The zero-order chi connectivity index (χ0) is 15.4. The van der Waals surface area contributed by atoms with E-state index in [9.17, 15) is 4.79 Å². The van der Waals surface area contributed by atoms with Crippen LogP contribution in [0.1, 0.15) is 15.9 Å². The highest BCUT2D eigenvalue weighted by Crippen LogP contribution is 2.17. The molecular weight excluding hydrogens is 274 g/mol. The Morgan fingerprint density at radius 2 is 1.77 bits per heavy atom. The van der Waals surface area contributed by atoms with Gasteiger partial charge in [0.15, 0.2) is 5.78 Å². The summed E-state index contributed by atoms with van der Waals surface area (Å²) >= 11 is 0. The van der Waals surface area contributed by atoms with Crippen molar-refractivity contribution >= 4 is 11.6 Å². The number of ketones is 1. The summed E-state index contributed by atoms with van der Waals surface area (Å²) in [5.41, 5.74) is 2.00. The van der Waals surface area contributed by atoms with E-state index in [1.165, 1.54) is 5.56 Å². The van der Waals surface area contributed by atoms with Gasteiger partial charge < -0.3 is 4.90 Å². The number of pyridine rings is 1. The average molecular weight is 295 g/mol. The summed E-state index contributed by atoms with van der Waals surface area (Å²) in [7, 11) is 0. The number of hydrogen-bond acceptors (Lipinski definition) is 4. The Kier molecular flexibility index (Phi) is 4.49. The zero-order valence-electron chi connectivity index (χ0n) is 12.9. The van der Waals surface area contributed by atoms with Gasteiger partial charge >= 0.3 is 0 Å². The predicted molar refractivity (Wildman–Crippen MR) is 88.4 cm³/mol. The molecule has 0 saturated carbocycles. The predicted octanol–water partition coefficient (Wildman–Crippen LogP) is 2.39. The number of benzene rings is 1. The molecule has 1 aromatic heterocycles. The maximum Gasteiger partial charge on any atom is 0.176 e. The van der Waals surface area contributed by atoms with Crippen LogP contribution in [0, 0.1) is 6.92 Å². The summed E-state index contributed by atoms with van der Waals surface area (Å²) in [5.74, 6) is 1.26. The number of aromatic nitrogens is 1. The van der Waals surface area contributed by atoms with E-state index in [1.807, 2.05) is 42.6 Å². The van der Waals surface area contributed by atoms with Crippen molar-refractivity contribution in [2.75, 3.05) is 37.6 Å². The molecule has 22 heavy (non-hydrogen) atoms. The Morgan fingerprint density at radius 1 is 1.05 bits per heavy atom. The third kappa shape index (κ3) is 3.34. The molecular formula is C18H21N3O. The molecule has 4 heteroatoms. The summed E-state index contributed by atoms with van der Waals surface area (Å²) in [4.78, 5) is 21.3. The zero-order valence-corrected chi connectivity index (χ0v) is 12.9. The maximum atomic E-state index is 12.3. The number of rotatable bonds is 4. The van der Waals surface area contributed by atoms with E-state index in [1.54, 1.807) is 0 Å². The van der Waals surface area contributed by atoms with Crippen molar-refractivity contribution < 1.29 is 4.79 Å². The van der Waals surface area contributed by atoms with E-state index >= 15 is 0 Å². The Balaban J connectivity index is 1.56. The van der Waals surface area contributed by atoms with Crippen molar-refractivity contribution in [2.24, 2.45) is 0 Å². The second-order valence-corrected chi connectivity index (χ2v) is 5.70. The second kappa shape index (κ2) is 6.71. The van der Waals surface area contributed by atoms with Crippen molar-refractivity contribution in [3.8, 4) is 0 Å². The second-order valence-electron chi connectivity index (χ2n) is 5.70. The van der Waals surface area contributed by atoms with Crippen LogP contribution in [0.2, 0.25) is 0 Å². The molecule has 0 atom stereocenters. The molecule has 1 aromatic carbocycles. The lowest BCUT2D eigenvalue weighted by Crippen LogP contribution is -2.48. The van der Waals surface area contributed by atoms with Crippen molar-refractivity contribution in [1.82, 2.24) is 9.88 Å². The molecule has 2 aromatic rings. The molecule has 2 heterocycles. The molecule has 0 aliphatic carbocycles. The fraction of sp³-hybridized carbons (Fsp3) is 0.333. The first-order valence-electron chi connectivity index (χ1n) is 7.71. The van der Waals surface area contributed by atoms with Gasteiger partial charge in [0.2, 0.25) is 0 Å². The number of anilines is 1. The van der Waals surface area contributed by atoms with Crippen LogP contribution in [0.15, 0.2) is 48.7 Å². The van der Waals surface area contributed by atoms with E-state index in [-0.39, 0.29) is 5.78 Å². The van der Waals surface area contributed by atoms with Crippen LogP contribution in [-0.4, -0.2) is 48.4 Å². The monoisotopic (exact) mass is 295 g/mol. The van der Waals surface area contributed by atoms with Gasteiger partial charge in [0.25, 0.3) is 0 Å². The summed E-state index contributed by atoms with van der Waals surface area (Å²) < 4.78 is 0. The molecule has 0 unspecified atom stereocenters. The molecule has 0 bridgehead atoms. The number of carbonyl (C=O) groups excluding carboxylic acids is 1. The largest absolute Gasteiger partial charge is 0.354 e. The first-order valence-corrected chi connectivity index (χ1v) is 7.71. The Morgan fingerprint density at radius 3 is 2.45 bits per heavy atom. The van der Waals surface area contributed by atoms with E-state index in [0.717, 1.165) is 37.6 Å². The normalized spacial score (nSPS) is 15.8. The Labute approximate surface area is 131 Å². The van der Waals surface area contributed by atoms with Crippen molar-refractivity contribution in [1.29, 1.82) is 0 Å². The summed E-state index contributed by atoms with van der Waals surface area (Å²) in [6, 6.07) is 13.6. The van der Waals surface area contributed by atoms with Gasteiger partial charge in [-0.2, -0.15) is 0 Å². The molecule has 0 radical (unpaired) electrons. The first-order chi connectivity index (χ1) is 10.7. The number of carbonyl (C=O) groups is 1. The number of Topliss-reactive ketones (excluding diaryl/α,β-unsaturated/α-hetero) is 1. The number of hydrogen-bond donors (Lipinski definition) is 0. The minimum Gasteiger partial charge on any atom is -0.354 e. The molecule has 1 aliphatic heterocycles. The summed E-state index contributed by atoms with van der Waals surface area (Å²) in [6.07, 6.45) is 1.84. The molecule has 0 spiro atoms. The fourth-order valence-corrected chi connectivity index (χ4v) is 2.84. The van der Waals surface area contributed by atoms with Crippen LogP contribution >= 0.6 is 0 Å². The molecule has 1 aliphatic rings. The van der Waals surface area contributed by atoms with Crippen LogP contribution in [0.25, 0.3) is 0 Å². The van der Waals surface area contributed by atoms with Gasteiger partial charge in [-0.25, -0.2) is 4.98 Å². The van der Waals surface area contributed by atoms with Crippen LogP contribution < -0.4 is 4.90 Å². The highest BCUT2D eigenvalue weighted by atomic mass is 16.1. The third-order valence-electron chi connectivity index (χ3n) is 4.12. The van der Waals surface area contributed by atoms with Gasteiger partial charge in [-0.15, -0.1) is 0 Å². The lowest BCUT2D eigenvalue weighted by molar-refractivity contribution is 0.0926. The van der Waals surface area contributed by atoms with Crippen LogP contribution in [0.4, 0.5) is 5.82 Å². The van der Waals surface area contributed by atoms with E-state index in [0.29, 0.717) is 6.54 Å². The van der Waals surface area contributed by atoms with Crippen LogP contribution in [0.3, 0.4) is 0 Å². The molecule has 0 N–H and O–H groups in total. The van der Waals surface area contributed by atoms with Crippen LogP contribution in [-0.2, 0) is 0 Å². The number of nitrogens with zero attached hydrogens (tertiary/aromatic N) is 3. The van der Waals surface area contributed by atoms with Gasteiger partial charge in [-0.1, -0.05) is 36.4 Å². The fourth-order valence-electron chi connectivity index (χ4n) is 2.84. The summed E-state index contributed by atoms with van der Waals surface area (Å²) in [6.45, 7) is 6.22. The minimum atomic E-state index is 0.197. The van der Waals surface area contributed by atoms with Gasteiger partial charge in [-0.3, -0.25) is 9.69 Å². The standard InChI is InChI=1S/C18H21N3O/c1-15-6-5-9-19-18(15)21-12-10-20(11-13-21)14-17(22)16-7-3-2-4-8-16/h2-9H,10-14H2,1H3. The number of aryl methyl sites for hydroxylation is 1. The minimum absolute atomic E-state index is 0.197. The van der Waals surface area contributed by atoms with Gasteiger partial charge in [0.1, 0.15) is 5.82 Å². The average Bonchev–Trinajstić information content (AvgIpc) is 2.57. The number of piperazine rings is 1. The lowest BCUT2D eigenvalue weighted by atomic mass is 10.1. The maximum absolute atomic E-state index is 12.3. The molecule has 0 amide bonds. The topological polar surface area (TPSA) is 36.4 Å². The molecule has 3 rings (SSSR count). The highest BCUT2D eigenvalue weighted by Gasteiger charge is 2.21. The van der Waals surface area contributed by atoms with E-state index in [4.69, 9.17) is 0 Å². The molecule has 1 fully saturated rings. The Hall–Kier alpha value is -2.20. The summed E-state index contributed by atoms with van der Waals surface area (Å²) in [5, 5.41) is 0. The Bertz CT molecular complexity index is 634. The highest BCUT2D eigenvalue weighted by molar-refractivity contribution is 5.97. The smallest absolute Gasteiger partial charge is 0.176 e. The van der Waals surface area contributed by atoms with Crippen molar-refractivity contribution in [2.45, 2.75) is 6.92 Å². The molecule has 114 valence electrons.